The quantitative estimate of drug-likeness (QED) is 0.364. The van der Waals surface area contributed by atoms with Gasteiger partial charge in [-0.25, -0.2) is 0 Å². The van der Waals surface area contributed by atoms with Crippen LogP contribution in [0.15, 0.2) is 0 Å². The first-order valence-corrected chi connectivity index (χ1v) is 0. The van der Waals surface area contributed by atoms with E-state index in [1.165, 1.54) is 0 Å². The molecule has 0 saturated carbocycles. The Morgan fingerprint density at radius 3 is 1.00 bits per heavy atom. The summed E-state index contributed by atoms with van der Waals surface area (Å²) in [6.45, 7) is 0. The van der Waals surface area contributed by atoms with Crippen LogP contribution < -0.4 is 0 Å². The van der Waals surface area contributed by atoms with E-state index in [9.17, 15) is 0 Å². The molecule has 0 nitrogen and oxygen atoms in total. The minimum atomic E-state index is 0. The standard InChI is InChI=1S/Al.In.Ni.Pb.8H. The van der Waals surface area contributed by atoms with Crippen molar-refractivity contribution in [2.75, 3.05) is 0 Å². The Morgan fingerprint density at radius 2 is 1.00 bits per heavy atom. The van der Waals surface area contributed by atoms with Crippen LogP contribution in [-0.4, -0.2) is 70.5 Å². The van der Waals surface area contributed by atoms with E-state index in [-0.39, 0.29) is 87.0 Å². The van der Waals surface area contributed by atoms with Gasteiger partial charge in [0.2, 0.25) is 0 Å². The molecule has 0 spiro atoms. The first-order chi connectivity index (χ1) is 0. The van der Waals surface area contributed by atoms with Crippen molar-refractivity contribution < 1.29 is 16.5 Å². The first kappa shape index (κ1) is 29.1. The maximum atomic E-state index is 0. The van der Waals surface area contributed by atoms with Gasteiger partial charge in [-0.1, -0.05) is 0 Å². The fourth-order valence-corrected chi connectivity index (χ4v) is 0. The summed E-state index contributed by atoms with van der Waals surface area (Å²) in [7, 11) is 0. The molecule has 0 aliphatic carbocycles. The Balaban J connectivity index is 0. The van der Waals surface area contributed by atoms with Crippen LogP contribution in [0.2, 0.25) is 0 Å². The molecule has 0 aromatic heterocycles. The van der Waals surface area contributed by atoms with Crippen molar-refractivity contribution in [1.29, 1.82) is 0 Å². The fraction of sp³-hybridized carbons (Fsp3) is 0. The first-order valence-electron chi connectivity index (χ1n) is 0. The molecule has 0 aromatic rings. The molecular formula is H8AlInNiPb. The SMILES string of the molecule is [AlH3].[InH3].[Ni].[PbH2]. The van der Waals surface area contributed by atoms with Gasteiger partial charge in [0.25, 0.3) is 0 Å². The summed E-state index contributed by atoms with van der Waals surface area (Å²) >= 11 is 0. The van der Waals surface area contributed by atoms with Gasteiger partial charge in [-0.2, -0.15) is 0 Å². The second-order valence-corrected chi connectivity index (χ2v) is 0. The van der Waals surface area contributed by atoms with E-state index >= 15 is 0 Å². The zero-order valence-corrected chi connectivity index (χ0v) is 7.51. The van der Waals surface area contributed by atoms with Crippen LogP contribution in [0.4, 0.5) is 0 Å². The van der Waals surface area contributed by atoms with Gasteiger partial charge in [0, 0.05) is 16.5 Å². The average Bonchev–Trinajstić information content (AvgIpc) is 0. The third kappa shape index (κ3) is 8.84. The van der Waals surface area contributed by atoms with Crippen LogP contribution >= 0.6 is 0 Å². The minimum absolute atomic E-state index is 0. The van der Waals surface area contributed by atoms with Crippen LogP contribution in [0.3, 0.4) is 0 Å². The molecule has 0 saturated heterocycles. The van der Waals surface area contributed by atoms with Gasteiger partial charge < -0.3 is 0 Å². The molecule has 0 aliphatic heterocycles. The molecular weight excluding hydrogens is 408 g/mol. The summed E-state index contributed by atoms with van der Waals surface area (Å²) in [6, 6.07) is 0. The Bertz CT molecular complexity index is 8.00. The van der Waals surface area contributed by atoms with Crippen molar-refractivity contribution in [3.05, 3.63) is 0 Å². The normalized spacial score (nSPS) is 0. The predicted octanol–water partition coefficient (Wildman–Crippen LogP) is -3.29. The van der Waals surface area contributed by atoms with Crippen molar-refractivity contribution in [2.45, 2.75) is 0 Å². The number of hydrogen-bond donors (Lipinski definition) is 0. The van der Waals surface area contributed by atoms with Gasteiger partial charge >= 0.3 is 53.1 Å². The molecule has 0 unspecified atom stereocenters. The monoisotopic (exact) mass is 416 g/mol. The van der Waals surface area contributed by atoms with Gasteiger partial charge in [0.15, 0.2) is 17.4 Å². The van der Waals surface area contributed by atoms with E-state index in [4.69, 9.17) is 0 Å². The molecule has 0 aliphatic rings. The molecule has 0 aromatic carbocycles. The molecule has 0 atom stereocenters. The van der Waals surface area contributed by atoms with Gasteiger partial charge in [-0.05, 0) is 0 Å². The zero-order chi connectivity index (χ0) is 0. The summed E-state index contributed by atoms with van der Waals surface area (Å²) in [6.07, 6.45) is 0. The summed E-state index contributed by atoms with van der Waals surface area (Å²) in [5, 5.41) is 0. The molecule has 0 bridgehead atoms. The molecule has 0 rings (SSSR count). The molecule has 2 radical (unpaired) electrons. The van der Waals surface area contributed by atoms with E-state index < -0.39 is 0 Å². The Labute approximate surface area is 85.5 Å². The predicted molar refractivity (Wildman–Crippen MR) is 28.4 cm³/mol. The van der Waals surface area contributed by atoms with Crippen LogP contribution in [0.25, 0.3) is 0 Å². The van der Waals surface area contributed by atoms with E-state index in [2.05, 4.69) is 0 Å². The average molecular weight is 416 g/mol. The van der Waals surface area contributed by atoms with Gasteiger partial charge in [-0.3, -0.25) is 0 Å². The van der Waals surface area contributed by atoms with E-state index in [0.29, 0.717) is 0 Å². The maximum absolute atomic E-state index is 0. The topological polar surface area (TPSA) is 0 Å². The molecule has 28 valence electrons. The van der Waals surface area contributed by atoms with Gasteiger partial charge in [0.1, 0.15) is 0 Å². The van der Waals surface area contributed by atoms with Crippen molar-refractivity contribution in [2.24, 2.45) is 0 Å². The van der Waals surface area contributed by atoms with Gasteiger partial charge in [0.05, 0.1) is 0 Å². The molecule has 0 heterocycles. The summed E-state index contributed by atoms with van der Waals surface area (Å²) in [4.78, 5) is 0. The Hall–Kier alpha value is 2.82. The third-order valence-corrected chi connectivity index (χ3v) is 0. The van der Waals surface area contributed by atoms with Crippen molar-refractivity contribution in [3.63, 3.8) is 0 Å². The third-order valence-electron chi connectivity index (χ3n) is 0. The summed E-state index contributed by atoms with van der Waals surface area (Å²) in [5.41, 5.74) is 0. The van der Waals surface area contributed by atoms with Crippen molar-refractivity contribution in [3.8, 4) is 0 Å². The second-order valence-electron chi connectivity index (χ2n) is 0. The van der Waals surface area contributed by atoms with E-state index in [1.807, 2.05) is 0 Å². The second kappa shape index (κ2) is 17.0. The molecule has 0 fully saturated rings. The molecule has 4 heavy (non-hydrogen) atoms. The molecule has 0 amide bonds. The van der Waals surface area contributed by atoms with Crippen LogP contribution in [0, 0.1) is 0 Å². The van der Waals surface area contributed by atoms with Crippen LogP contribution in [0.1, 0.15) is 0 Å². The fourth-order valence-electron chi connectivity index (χ4n) is 0. The zero-order valence-electron chi connectivity index (χ0n) is 1.02. The Morgan fingerprint density at radius 1 is 1.00 bits per heavy atom. The van der Waals surface area contributed by atoms with Crippen molar-refractivity contribution in [1.82, 2.24) is 0 Å². The summed E-state index contributed by atoms with van der Waals surface area (Å²) in [5.74, 6) is 0. The van der Waals surface area contributed by atoms with Crippen LogP contribution in [-0.2, 0) is 16.5 Å². The van der Waals surface area contributed by atoms with E-state index in [1.54, 1.807) is 0 Å². The summed E-state index contributed by atoms with van der Waals surface area (Å²) < 4.78 is 0. The molecule has 4 heteroatoms. The molecule has 0 N–H and O–H groups in total. The Kier molecular flexibility index (Phi) is 124. The number of rotatable bonds is 0. The van der Waals surface area contributed by atoms with Crippen molar-refractivity contribution >= 4 is 70.5 Å². The van der Waals surface area contributed by atoms with Crippen LogP contribution in [0.5, 0.6) is 0 Å². The van der Waals surface area contributed by atoms with Gasteiger partial charge in [-0.15, -0.1) is 0 Å². The number of hydrogen-bond acceptors (Lipinski definition) is 0. The van der Waals surface area contributed by atoms with E-state index in [0.717, 1.165) is 0 Å².